The van der Waals surface area contributed by atoms with Crippen molar-refractivity contribution in [2.45, 2.75) is 26.0 Å². The van der Waals surface area contributed by atoms with Gasteiger partial charge in [0.15, 0.2) is 6.54 Å². The molecule has 1 N–H and O–H groups in total. The van der Waals surface area contributed by atoms with Crippen molar-refractivity contribution >= 4 is 15.9 Å². The van der Waals surface area contributed by atoms with E-state index in [1.807, 2.05) is 35.2 Å². The van der Waals surface area contributed by atoms with Crippen molar-refractivity contribution in [3.05, 3.63) is 35.9 Å². The van der Waals surface area contributed by atoms with Gasteiger partial charge in [0.1, 0.15) is 0 Å². The topological polar surface area (TPSA) is 62.1 Å². The second-order valence-corrected chi connectivity index (χ2v) is 10.3. The van der Waals surface area contributed by atoms with Gasteiger partial charge in [0, 0.05) is 38.0 Å². The molecule has 1 aromatic rings. The highest BCUT2D eigenvalue weighted by Crippen LogP contribution is 2.14. The summed E-state index contributed by atoms with van der Waals surface area (Å²) >= 11 is 0. The van der Waals surface area contributed by atoms with Gasteiger partial charge in [-0.25, -0.2) is 8.42 Å². The molecule has 6 nitrogen and oxygen atoms in total. The van der Waals surface area contributed by atoms with Gasteiger partial charge in [-0.15, -0.1) is 0 Å². The van der Waals surface area contributed by atoms with Crippen LogP contribution in [0.15, 0.2) is 30.3 Å². The van der Waals surface area contributed by atoms with E-state index in [2.05, 4.69) is 13.8 Å². The SMILES string of the molecule is C[C@@H]1C[C@@H](C)C[NH+](CC(=O)N2CCN(S(=O)(=O)Cc3ccccc3)CC2)C1. The summed E-state index contributed by atoms with van der Waals surface area (Å²) in [5.74, 6) is 1.51. The molecule has 0 radical (unpaired) electrons. The maximum absolute atomic E-state index is 12.7. The van der Waals surface area contributed by atoms with Crippen LogP contribution in [0.3, 0.4) is 0 Å². The number of likely N-dealkylation sites (tertiary alicyclic amines) is 1. The van der Waals surface area contributed by atoms with E-state index in [9.17, 15) is 13.2 Å². The van der Waals surface area contributed by atoms with Crippen LogP contribution in [-0.2, 0) is 20.6 Å². The van der Waals surface area contributed by atoms with Crippen LogP contribution in [0.1, 0.15) is 25.8 Å². The lowest BCUT2D eigenvalue weighted by molar-refractivity contribution is -0.904. The normalized spacial score (nSPS) is 27.5. The fourth-order valence-electron chi connectivity index (χ4n) is 4.48. The predicted octanol–water partition coefficient (Wildman–Crippen LogP) is 0.221. The Morgan fingerprint density at radius 2 is 1.63 bits per heavy atom. The van der Waals surface area contributed by atoms with Gasteiger partial charge in [0.2, 0.25) is 10.0 Å². The molecule has 2 aliphatic heterocycles. The van der Waals surface area contributed by atoms with Gasteiger partial charge in [-0.3, -0.25) is 4.79 Å². The Labute approximate surface area is 163 Å². The molecule has 1 aromatic carbocycles. The summed E-state index contributed by atoms with van der Waals surface area (Å²) < 4.78 is 26.8. The number of hydrogen-bond donors (Lipinski definition) is 1. The lowest BCUT2D eigenvalue weighted by Gasteiger charge is -2.36. The Kier molecular flexibility index (Phi) is 6.55. The minimum atomic E-state index is -3.34. The molecule has 150 valence electrons. The smallest absolute Gasteiger partial charge is 0.277 e. The molecular weight excluding hydrogens is 362 g/mol. The summed E-state index contributed by atoms with van der Waals surface area (Å²) in [5.41, 5.74) is 0.799. The van der Waals surface area contributed by atoms with Crippen molar-refractivity contribution < 1.29 is 18.1 Å². The van der Waals surface area contributed by atoms with E-state index < -0.39 is 10.0 Å². The molecule has 7 heteroatoms. The van der Waals surface area contributed by atoms with Crippen molar-refractivity contribution in [2.24, 2.45) is 11.8 Å². The largest absolute Gasteiger partial charge is 0.335 e. The highest BCUT2D eigenvalue weighted by molar-refractivity contribution is 7.88. The molecule has 2 aliphatic rings. The lowest BCUT2D eigenvalue weighted by atomic mass is 9.92. The molecule has 3 rings (SSSR count). The number of piperazine rings is 1. The van der Waals surface area contributed by atoms with Crippen molar-refractivity contribution in [2.75, 3.05) is 45.8 Å². The minimum Gasteiger partial charge on any atom is -0.335 e. The Hall–Kier alpha value is -1.44. The van der Waals surface area contributed by atoms with Crippen LogP contribution in [0.5, 0.6) is 0 Å². The molecule has 2 heterocycles. The maximum atomic E-state index is 12.7. The number of sulfonamides is 1. The summed E-state index contributed by atoms with van der Waals surface area (Å²) in [5, 5.41) is 0. The zero-order chi connectivity index (χ0) is 19.4. The van der Waals surface area contributed by atoms with Crippen molar-refractivity contribution in [1.29, 1.82) is 0 Å². The highest BCUT2D eigenvalue weighted by atomic mass is 32.2. The first-order valence-corrected chi connectivity index (χ1v) is 11.6. The molecule has 0 saturated carbocycles. The number of nitrogens with one attached hydrogen (secondary N) is 1. The van der Waals surface area contributed by atoms with E-state index in [0.29, 0.717) is 44.6 Å². The molecule has 1 amide bonds. The van der Waals surface area contributed by atoms with Crippen LogP contribution in [0, 0.1) is 11.8 Å². The van der Waals surface area contributed by atoms with E-state index >= 15 is 0 Å². The van der Waals surface area contributed by atoms with Crippen molar-refractivity contribution in [3.63, 3.8) is 0 Å². The van der Waals surface area contributed by atoms with Crippen LogP contribution in [0.2, 0.25) is 0 Å². The summed E-state index contributed by atoms with van der Waals surface area (Å²) in [6.45, 7) is 8.93. The van der Waals surface area contributed by atoms with Gasteiger partial charge < -0.3 is 9.80 Å². The van der Waals surface area contributed by atoms with E-state index in [-0.39, 0.29) is 11.7 Å². The second kappa shape index (κ2) is 8.71. The van der Waals surface area contributed by atoms with Gasteiger partial charge in [-0.1, -0.05) is 44.2 Å². The van der Waals surface area contributed by atoms with E-state index in [4.69, 9.17) is 0 Å². The Morgan fingerprint density at radius 3 is 2.22 bits per heavy atom. The van der Waals surface area contributed by atoms with Crippen LogP contribution >= 0.6 is 0 Å². The summed E-state index contributed by atoms with van der Waals surface area (Å²) in [4.78, 5) is 15.9. The molecule has 0 bridgehead atoms. The van der Waals surface area contributed by atoms with E-state index in [1.165, 1.54) is 15.6 Å². The third-order valence-corrected chi connectivity index (χ3v) is 7.51. The summed E-state index contributed by atoms with van der Waals surface area (Å²) in [6.07, 6.45) is 1.25. The van der Waals surface area contributed by atoms with Crippen molar-refractivity contribution in [3.8, 4) is 0 Å². The van der Waals surface area contributed by atoms with Gasteiger partial charge in [0.25, 0.3) is 5.91 Å². The summed E-state index contributed by atoms with van der Waals surface area (Å²) in [6, 6.07) is 9.26. The van der Waals surface area contributed by atoms with Gasteiger partial charge in [0.05, 0.1) is 18.8 Å². The zero-order valence-corrected chi connectivity index (χ0v) is 17.2. The average Bonchev–Trinajstić information content (AvgIpc) is 2.61. The van der Waals surface area contributed by atoms with E-state index in [0.717, 1.165) is 18.7 Å². The molecule has 0 aliphatic carbocycles. The molecular formula is C20H32N3O3S+. The second-order valence-electron chi connectivity index (χ2n) is 8.30. The molecule has 27 heavy (non-hydrogen) atoms. The number of benzene rings is 1. The first-order valence-electron chi connectivity index (χ1n) is 9.96. The number of hydrogen-bond acceptors (Lipinski definition) is 3. The molecule has 0 unspecified atom stereocenters. The third kappa shape index (κ3) is 5.53. The molecule has 2 atom stereocenters. The maximum Gasteiger partial charge on any atom is 0.277 e. The lowest BCUT2D eigenvalue weighted by Crippen LogP contribution is -3.15. The van der Waals surface area contributed by atoms with Crippen LogP contribution in [-0.4, -0.2) is 69.3 Å². The molecule has 2 saturated heterocycles. The molecule has 0 spiro atoms. The fourth-order valence-corrected chi connectivity index (χ4v) is 6.00. The number of nitrogens with zero attached hydrogens (tertiary/aromatic N) is 2. The van der Waals surface area contributed by atoms with Gasteiger partial charge >= 0.3 is 0 Å². The first-order chi connectivity index (χ1) is 12.8. The van der Waals surface area contributed by atoms with Gasteiger partial charge in [-0.05, 0) is 12.0 Å². The number of amides is 1. The minimum absolute atomic E-state index is 0.0233. The Balaban J connectivity index is 1.50. The summed E-state index contributed by atoms with van der Waals surface area (Å²) in [7, 11) is -3.34. The molecule has 0 aromatic heterocycles. The standard InChI is InChI=1S/C20H31N3O3S/c1-17-12-18(2)14-21(13-17)15-20(24)22-8-10-23(11-9-22)27(25,26)16-19-6-4-3-5-7-19/h3-7,17-18H,8-16H2,1-2H3/p+1/t17-,18-/m1/s1. The monoisotopic (exact) mass is 394 g/mol. The number of carbonyl (C=O) groups excluding carboxylic acids is 1. The number of piperidine rings is 1. The number of rotatable bonds is 5. The van der Waals surface area contributed by atoms with Crippen LogP contribution in [0.4, 0.5) is 0 Å². The molecule has 2 fully saturated rings. The van der Waals surface area contributed by atoms with Crippen LogP contribution < -0.4 is 4.90 Å². The van der Waals surface area contributed by atoms with Crippen LogP contribution in [0.25, 0.3) is 0 Å². The average molecular weight is 395 g/mol. The number of quaternary nitrogens is 1. The number of carbonyl (C=O) groups is 1. The van der Waals surface area contributed by atoms with Gasteiger partial charge in [-0.2, -0.15) is 4.31 Å². The Bertz CT molecular complexity index is 720. The first kappa shape index (κ1) is 20.3. The third-order valence-electron chi connectivity index (χ3n) is 5.66. The Morgan fingerprint density at radius 1 is 1.04 bits per heavy atom. The van der Waals surface area contributed by atoms with Crippen molar-refractivity contribution in [1.82, 2.24) is 9.21 Å². The fraction of sp³-hybridized carbons (Fsp3) is 0.650. The van der Waals surface area contributed by atoms with E-state index in [1.54, 1.807) is 0 Å². The highest BCUT2D eigenvalue weighted by Gasteiger charge is 2.32. The quantitative estimate of drug-likeness (QED) is 0.777. The zero-order valence-electron chi connectivity index (χ0n) is 16.4. The predicted molar refractivity (Wildman–Crippen MR) is 106 cm³/mol.